The Balaban J connectivity index is 1.63. The molecule has 2 saturated heterocycles. The minimum Gasteiger partial charge on any atom is -0.356 e. The number of amides is 2. The highest BCUT2D eigenvalue weighted by atomic mass is 16.2. The van der Waals surface area contributed by atoms with E-state index in [0.29, 0.717) is 19.0 Å². The number of nitrogens with one attached hydrogen (secondary N) is 1. The van der Waals surface area contributed by atoms with E-state index in [2.05, 4.69) is 10.2 Å². The first kappa shape index (κ1) is 17.3. The van der Waals surface area contributed by atoms with Gasteiger partial charge in [0.15, 0.2) is 0 Å². The van der Waals surface area contributed by atoms with Crippen molar-refractivity contribution in [2.24, 2.45) is 5.92 Å². The zero-order chi connectivity index (χ0) is 15.9. The van der Waals surface area contributed by atoms with Crippen LogP contribution < -0.4 is 5.32 Å². The van der Waals surface area contributed by atoms with E-state index in [0.717, 1.165) is 39.0 Å². The van der Waals surface area contributed by atoms with Gasteiger partial charge in [0, 0.05) is 38.6 Å². The van der Waals surface area contributed by atoms with E-state index in [1.165, 1.54) is 19.3 Å². The summed E-state index contributed by atoms with van der Waals surface area (Å²) in [7, 11) is 0. The van der Waals surface area contributed by atoms with Crippen LogP contribution in [0.4, 0.5) is 0 Å². The van der Waals surface area contributed by atoms with Gasteiger partial charge in [-0.05, 0) is 46.1 Å². The molecule has 0 aromatic rings. The van der Waals surface area contributed by atoms with E-state index in [9.17, 15) is 9.59 Å². The standard InChI is InChI=1S/C17H31N3O2/c1-3-19(4-2)16(21)9-7-10-18-17(22)14-12-15-8-5-6-11-20(15)13-14/h14-15H,3-13H2,1-2H3,(H,18,22)/t14-,15-/m1/s1. The molecule has 126 valence electrons. The average Bonchev–Trinajstić information content (AvgIpc) is 2.96. The molecular formula is C17H31N3O2. The predicted molar refractivity (Wildman–Crippen MR) is 87.5 cm³/mol. The lowest BCUT2D eigenvalue weighted by molar-refractivity contribution is -0.131. The highest BCUT2D eigenvalue weighted by Crippen LogP contribution is 2.30. The smallest absolute Gasteiger partial charge is 0.224 e. The Bertz CT molecular complexity index is 368. The molecule has 0 saturated carbocycles. The third kappa shape index (κ3) is 4.45. The van der Waals surface area contributed by atoms with Gasteiger partial charge < -0.3 is 10.2 Å². The number of carbonyl (C=O) groups is 2. The van der Waals surface area contributed by atoms with E-state index in [1.54, 1.807) is 0 Å². The lowest BCUT2D eigenvalue weighted by atomic mass is 9.99. The van der Waals surface area contributed by atoms with Crippen LogP contribution in [0.2, 0.25) is 0 Å². The van der Waals surface area contributed by atoms with Gasteiger partial charge in [-0.15, -0.1) is 0 Å². The molecule has 22 heavy (non-hydrogen) atoms. The molecule has 2 aliphatic heterocycles. The molecule has 0 spiro atoms. The van der Waals surface area contributed by atoms with Gasteiger partial charge in [-0.1, -0.05) is 6.42 Å². The number of rotatable bonds is 7. The number of hydrogen-bond acceptors (Lipinski definition) is 3. The molecule has 2 amide bonds. The Morgan fingerprint density at radius 3 is 2.68 bits per heavy atom. The predicted octanol–water partition coefficient (Wildman–Crippen LogP) is 1.63. The Kier molecular flexibility index (Phi) is 6.68. The maximum Gasteiger partial charge on any atom is 0.224 e. The quantitative estimate of drug-likeness (QED) is 0.727. The number of hydrogen-bond donors (Lipinski definition) is 1. The Morgan fingerprint density at radius 1 is 1.23 bits per heavy atom. The lowest BCUT2D eigenvalue weighted by Crippen LogP contribution is -2.36. The van der Waals surface area contributed by atoms with E-state index in [-0.39, 0.29) is 17.7 Å². The molecule has 5 nitrogen and oxygen atoms in total. The normalized spacial score (nSPS) is 24.8. The maximum atomic E-state index is 12.2. The number of carbonyl (C=O) groups excluding carboxylic acids is 2. The second-order valence-corrected chi connectivity index (χ2v) is 6.54. The highest BCUT2D eigenvalue weighted by Gasteiger charge is 2.36. The van der Waals surface area contributed by atoms with Gasteiger partial charge in [0.1, 0.15) is 0 Å². The summed E-state index contributed by atoms with van der Waals surface area (Å²) in [6.07, 6.45) is 6.12. The molecule has 0 unspecified atom stereocenters. The Labute approximate surface area is 134 Å². The summed E-state index contributed by atoms with van der Waals surface area (Å²) in [6, 6.07) is 0.633. The van der Waals surface area contributed by atoms with E-state index in [4.69, 9.17) is 0 Å². The van der Waals surface area contributed by atoms with E-state index < -0.39 is 0 Å². The summed E-state index contributed by atoms with van der Waals surface area (Å²) >= 11 is 0. The summed E-state index contributed by atoms with van der Waals surface area (Å²) in [5.41, 5.74) is 0. The van der Waals surface area contributed by atoms with Crippen LogP contribution in [0, 0.1) is 5.92 Å². The average molecular weight is 309 g/mol. The molecule has 2 fully saturated rings. The van der Waals surface area contributed by atoms with Crippen molar-refractivity contribution >= 4 is 11.8 Å². The van der Waals surface area contributed by atoms with Gasteiger partial charge in [-0.25, -0.2) is 0 Å². The zero-order valence-corrected chi connectivity index (χ0v) is 14.1. The van der Waals surface area contributed by atoms with Gasteiger partial charge in [0.2, 0.25) is 11.8 Å². The second-order valence-electron chi connectivity index (χ2n) is 6.54. The van der Waals surface area contributed by atoms with E-state index >= 15 is 0 Å². The molecule has 2 heterocycles. The van der Waals surface area contributed by atoms with Crippen molar-refractivity contribution in [1.29, 1.82) is 0 Å². The van der Waals surface area contributed by atoms with Crippen LogP contribution in [0.25, 0.3) is 0 Å². The number of fused-ring (bicyclic) bond motifs is 1. The molecule has 5 heteroatoms. The molecule has 2 rings (SSSR count). The van der Waals surface area contributed by atoms with Crippen molar-refractivity contribution in [2.45, 2.75) is 58.4 Å². The fourth-order valence-electron chi connectivity index (χ4n) is 3.77. The summed E-state index contributed by atoms with van der Waals surface area (Å²) in [4.78, 5) is 28.5. The minimum absolute atomic E-state index is 0.154. The molecule has 2 atom stereocenters. The summed E-state index contributed by atoms with van der Waals surface area (Å²) in [6.45, 7) is 8.23. The molecule has 0 bridgehead atoms. The molecular weight excluding hydrogens is 278 g/mol. The van der Waals surface area contributed by atoms with Crippen LogP contribution in [0.15, 0.2) is 0 Å². The second kappa shape index (κ2) is 8.51. The molecule has 0 aliphatic carbocycles. The fourth-order valence-corrected chi connectivity index (χ4v) is 3.77. The van der Waals surface area contributed by atoms with Crippen LogP contribution in [0.5, 0.6) is 0 Å². The van der Waals surface area contributed by atoms with Crippen LogP contribution in [0.1, 0.15) is 52.4 Å². The van der Waals surface area contributed by atoms with Gasteiger partial charge in [-0.3, -0.25) is 14.5 Å². The zero-order valence-electron chi connectivity index (χ0n) is 14.1. The minimum atomic E-state index is 0.154. The van der Waals surface area contributed by atoms with Crippen molar-refractivity contribution in [3.05, 3.63) is 0 Å². The van der Waals surface area contributed by atoms with Crippen molar-refractivity contribution in [3.8, 4) is 0 Å². The van der Waals surface area contributed by atoms with Gasteiger partial charge in [-0.2, -0.15) is 0 Å². The van der Waals surface area contributed by atoms with Gasteiger partial charge in [0.25, 0.3) is 0 Å². The fraction of sp³-hybridized carbons (Fsp3) is 0.882. The largest absolute Gasteiger partial charge is 0.356 e. The Hall–Kier alpha value is -1.10. The molecule has 0 aromatic heterocycles. The first-order valence-electron chi connectivity index (χ1n) is 8.95. The highest BCUT2D eigenvalue weighted by molar-refractivity contribution is 5.79. The summed E-state index contributed by atoms with van der Waals surface area (Å²) < 4.78 is 0. The van der Waals surface area contributed by atoms with Crippen molar-refractivity contribution in [2.75, 3.05) is 32.7 Å². The summed E-state index contributed by atoms with van der Waals surface area (Å²) in [5.74, 6) is 0.531. The summed E-state index contributed by atoms with van der Waals surface area (Å²) in [5, 5.41) is 3.03. The first-order valence-corrected chi connectivity index (χ1v) is 8.95. The molecule has 1 N–H and O–H groups in total. The molecule has 0 aromatic carbocycles. The van der Waals surface area contributed by atoms with Gasteiger partial charge in [0.05, 0.1) is 5.92 Å². The van der Waals surface area contributed by atoms with Crippen molar-refractivity contribution in [1.82, 2.24) is 15.1 Å². The number of nitrogens with zero attached hydrogens (tertiary/aromatic N) is 2. The molecule has 0 radical (unpaired) electrons. The first-order chi connectivity index (χ1) is 10.7. The molecule has 2 aliphatic rings. The topological polar surface area (TPSA) is 52.7 Å². The maximum absolute atomic E-state index is 12.2. The van der Waals surface area contributed by atoms with Gasteiger partial charge >= 0.3 is 0 Å². The van der Waals surface area contributed by atoms with Crippen LogP contribution in [0.3, 0.4) is 0 Å². The van der Waals surface area contributed by atoms with Crippen molar-refractivity contribution in [3.63, 3.8) is 0 Å². The van der Waals surface area contributed by atoms with Crippen LogP contribution >= 0.6 is 0 Å². The third-order valence-corrected chi connectivity index (χ3v) is 5.11. The Morgan fingerprint density at radius 2 is 2.00 bits per heavy atom. The SMILES string of the molecule is CCN(CC)C(=O)CCCNC(=O)[C@@H]1C[C@H]2CCCCN2C1. The van der Waals surface area contributed by atoms with E-state index in [1.807, 2.05) is 18.7 Å². The van der Waals surface area contributed by atoms with Crippen molar-refractivity contribution < 1.29 is 9.59 Å². The lowest BCUT2D eigenvalue weighted by Gasteiger charge is -2.28. The number of piperidine rings is 1. The van der Waals surface area contributed by atoms with Crippen LogP contribution in [-0.4, -0.2) is 60.4 Å². The van der Waals surface area contributed by atoms with Crippen LogP contribution in [-0.2, 0) is 9.59 Å². The third-order valence-electron chi connectivity index (χ3n) is 5.11. The monoisotopic (exact) mass is 309 g/mol.